The lowest BCUT2D eigenvalue weighted by atomic mass is 10.2. The van der Waals surface area contributed by atoms with Crippen molar-refractivity contribution in [2.45, 2.75) is 13.5 Å². The van der Waals surface area contributed by atoms with Crippen molar-refractivity contribution in [3.05, 3.63) is 60.0 Å². The molecule has 0 bridgehead atoms. The molecule has 3 aromatic rings. The van der Waals surface area contributed by atoms with Crippen molar-refractivity contribution in [1.82, 2.24) is 15.5 Å². The van der Waals surface area contributed by atoms with Crippen molar-refractivity contribution in [2.75, 3.05) is 20.3 Å². The van der Waals surface area contributed by atoms with Gasteiger partial charge in [-0.2, -0.15) is 4.98 Å². The van der Waals surface area contributed by atoms with E-state index in [4.69, 9.17) is 18.7 Å². The monoisotopic (exact) mass is 411 g/mol. The van der Waals surface area contributed by atoms with Gasteiger partial charge in [0, 0.05) is 0 Å². The maximum Gasteiger partial charge on any atom is 0.325 e. The average molecular weight is 411 g/mol. The van der Waals surface area contributed by atoms with E-state index in [2.05, 4.69) is 15.5 Å². The van der Waals surface area contributed by atoms with Crippen LogP contribution in [0.2, 0.25) is 0 Å². The fourth-order valence-corrected chi connectivity index (χ4v) is 2.63. The number of rotatable bonds is 9. The molecule has 156 valence electrons. The summed E-state index contributed by atoms with van der Waals surface area (Å²) in [4.78, 5) is 28.4. The largest absolute Gasteiger partial charge is 0.496 e. The third-order valence-electron chi connectivity index (χ3n) is 4.00. The molecule has 0 atom stereocenters. The van der Waals surface area contributed by atoms with E-state index in [1.807, 2.05) is 19.1 Å². The third-order valence-corrected chi connectivity index (χ3v) is 4.00. The summed E-state index contributed by atoms with van der Waals surface area (Å²) in [5.41, 5.74) is 0.993. The van der Waals surface area contributed by atoms with Gasteiger partial charge in [-0.25, -0.2) is 0 Å². The summed E-state index contributed by atoms with van der Waals surface area (Å²) in [5.74, 6) is 0.400. The number of carbonyl (C=O) groups excluding carboxylic acids is 2. The number of ether oxygens (including phenoxy) is 3. The number of hydrogen-bond acceptors (Lipinski definition) is 8. The topological polar surface area (TPSA) is 113 Å². The van der Waals surface area contributed by atoms with E-state index in [1.54, 1.807) is 36.4 Å². The second kappa shape index (κ2) is 10.1. The molecular formula is C21H21N3O6. The summed E-state index contributed by atoms with van der Waals surface area (Å²) >= 11 is 0. The number of nitrogens with one attached hydrogen (secondary N) is 1. The Labute approximate surface area is 172 Å². The first-order chi connectivity index (χ1) is 14.6. The highest BCUT2D eigenvalue weighted by Gasteiger charge is 2.16. The Hall–Kier alpha value is -3.88. The summed E-state index contributed by atoms with van der Waals surface area (Å²) in [6.07, 6.45) is 0. The highest BCUT2D eigenvalue weighted by molar-refractivity contribution is 5.98. The molecule has 1 heterocycles. The van der Waals surface area contributed by atoms with Gasteiger partial charge in [0.05, 0.1) is 24.8 Å². The van der Waals surface area contributed by atoms with Crippen molar-refractivity contribution in [2.24, 2.45) is 0 Å². The molecule has 2 aromatic carbocycles. The van der Waals surface area contributed by atoms with E-state index in [-0.39, 0.29) is 19.0 Å². The second-order valence-electron chi connectivity index (χ2n) is 5.98. The van der Waals surface area contributed by atoms with Crippen LogP contribution in [-0.4, -0.2) is 42.3 Å². The Morgan fingerprint density at radius 2 is 1.80 bits per heavy atom. The number of esters is 1. The zero-order valence-corrected chi connectivity index (χ0v) is 16.6. The van der Waals surface area contributed by atoms with Gasteiger partial charge in [-0.1, -0.05) is 29.4 Å². The van der Waals surface area contributed by atoms with Crippen molar-refractivity contribution in [1.29, 1.82) is 0 Å². The molecule has 0 spiro atoms. The zero-order chi connectivity index (χ0) is 21.3. The van der Waals surface area contributed by atoms with Crippen LogP contribution in [0.25, 0.3) is 11.4 Å². The van der Waals surface area contributed by atoms with Gasteiger partial charge in [0.15, 0.2) is 6.61 Å². The third kappa shape index (κ3) is 5.13. The number of nitrogens with zero attached hydrogens (tertiary/aromatic N) is 2. The number of methoxy groups -OCH3 is 1. The molecule has 1 aromatic heterocycles. The molecule has 0 radical (unpaired) electrons. The van der Waals surface area contributed by atoms with Crippen LogP contribution in [0.3, 0.4) is 0 Å². The Balaban J connectivity index is 1.53. The minimum atomic E-state index is -0.646. The van der Waals surface area contributed by atoms with Crippen molar-refractivity contribution in [3.63, 3.8) is 0 Å². The summed E-state index contributed by atoms with van der Waals surface area (Å²) in [7, 11) is 1.46. The fourth-order valence-electron chi connectivity index (χ4n) is 2.63. The highest BCUT2D eigenvalue weighted by atomic mass is 16.6. The van der Waals surface area contributed by atoms with E-state index in [0.29, 0.717) is 35.1 Å². The summed E-state index contributed by atoms with van der Waals surface area (Å²) in [6.45, 7) is 1.85. The molecule has 0 aliphatic heterocycles. The molecule has 9 nitrogen and oxygen atoms in total. The molecule has 0 aliphatic rings. The van der Waals surface area contributed by atoms with Crippen molar-refractivity contribution >= 4 is 11.9 Å². The predicted octanol–water partition coefficient (Wildman–Crippen LogP) is 2.62. The van der Waals surface area contributed by atoms with Crippen LogP contribution >= 0.6 is 0 Å². The van der Waals surface area contributed by atoms with E-state index >= 15 is 0 Å². The number of aromatic nitrogens is 2. The SMILES string of the molecule is CCOc1ccccc1-c1noc(COC(=O)CNC(=O)c2ccccc2OC)n1. The summed E-state index contributed by atoms with van der Waals surface area (Å²) < 4.78 is 20.9. The minimum Gasteiger partial charge on any atom is -0.496 e. The molecule has 1 amide bonds. The Morgan fingerprint density at radius 3 is 2.57 bits per heavy atom. The van der Waals surface area contributed by atoms with Crippen LogP contribution in [0, 0.1) is 0 Å². The molecule has 1 N–H and O–H groups in total. The van der Waals surface area contributed by atoms with Crippen LogP contribution in [0.4, 0.5) is 0 Å². The van der Waals surface area contributed by atoms with Gasteiger partial charge in [0.25, 0.3) is 11.8 Å². The molecule has 0 saturated heterocycles. The maximum atomic E-state index is 12.2. The van der Waals surface area contributed by atoms with E-state index in [0.717, 1.165) is 0 Å². The Kier molecular flexibility index (Phi) is 6.99. The normalized spacial score (nSPS) is 10.3. The molecule has 30 heavy (non-hydrogen) atoms. The number of carbonyl (C=O) groups is 2. The van der Waals surface area contributed by atoms with Gasteiger partial charge in [-0.3, -0.25) is 9.59 Å². The van der Waals surface area contributed by atoms with Crippen LogP contribution in [0.15, 0.2) is 53.1 Å². The zero-order valence-electron chi connectivity index (χ0n) is 16.6. The first-order valence-electron chi connectivity index (χ1n) is 9.24. The molecule has 9 heteroatoms. The van der Waals surface area contributed by atoms with Gasteiger partial charge in [0.1, 0.15) is 18.0 Å². The van der Waals surface area contributed by atoms with Crippen LogP contribution < -0.4 is 14.8 Å². The van der Waals surface area contributed by atoms with Crippen LogP contribution in [0.1, 0.15) is 23.2 Å². The number of amides is 1. The Morgan fingerprint density at radius 1 is 1.07 bits per heavy atom. The first-order valence-corrected chi connectivity index (χ1v) is 9.24. The molecule has 0 aliphatic carbocycles. The molecule has 0 unspecified atom stereocenters. The molecule has 0 saturated carbocycles. The lowest BCUT2D eigenvalue weighted by molar-refractivity contribution is -0.144. The van der Waals surface area contributed by atoms with Crippen molar-refractivity contribution in [3.8, 4) is 22.9 Å². The molecule has 3 rings (SSSR count). The van der Waals surface area contributed by atoms with Gasteiger partial charge >= 0.3 is 5.97 Å². The van der Waals surface area contributed by atoms with Gasteiger partial charge in [0.2, 0.25) is 5.82 Å². The smallest absolute Gasteiger partial charge is 0.325 e. The highest BCUT2D eigenvalue weighted by Crippen LogP contribution is 2.27. The average Bonchev–Trinajstić information content (AvgIpc) is 3.25. The number of benzene rings is 2. The fraction of sp³-hybridized carbons (Fsp3) is 0.238. The Bertz CT molecular complexity index is 1020. The quantitative estimate of drug-likeness (QED) is 0.535. The van der Waals surface area contributed by atoms with Gasteiger partial charge < -0.3 is 24.1 Å². The van der Waals surface area contributed by atoms with Crippen LogP contribution in [0.5, 0.6) is 11.5 Å². The standard InChI is InChI=1S/C21H21N3O6/c1-3-28-17-11-7-4-8-14(17)20-23-18(30-24-20)13-29-19(25)12-22-21(26)15-9-5-6-10-16(15)27-2/h4-11H,3,12-13H2,1-2H3,(H,22,26). The molecular weight excluding hydrogens is 390 g/mol. The van der Waals surface area contributed by atoms with Crippen molar-refractivity contribution < 1.29 is 28.3 Å². The predicted molar refractivity (Wildman–Crippen MR) is 106 cm³/mol. The summed E-state index contributed by atoms with van der Waals surface area (Å²) in [5, 5.41) is 6.38. The maximum absolute atomic E-state index is 12.2. The van der Waals surface area contributed by atoms with E-state index < -0.39 is 11.9 Å². The van der Waals surface area contributed by atoms with Gasteiger partial charge in [-0.05, 0) is 31.2 Å². The lowest BCUT2D eigenvalue weighted by Crippen LogP contribution is -2.30. The van der Waals surface area contributed by atoms with Crippen LogP contribution in [-0.2, 0) is 16.1 Å². The number of para-hydroxylation sites is 2. The van der Waals surface area contributed by atoms with E-state index in [1.165, 1.54) is 7.11 Å². The first kappa shape index (κ1) is 20.8. The van der Waals surface area contributed by atoms with E-state index in [9.17, 15) is 9.59 Å². The second-order valence-corrected chi connectivity index (χ2v) is 5.98. The lowest BCUT2D eigenvalue weighted by Gasteiger charge is -2.08. The minimum absolute atomic E-state index is 0.126. The van der Waals surface area contributed by atoms with Gasteiger partial charge in [-0.15, -0.1) is 0 Å². The summed E-state index contributed by atoms with van der Waals surface area (Å²) in [6, 6.07) is 14.0. The number of hydrogen-bond donors (Lipinski definition) is 1. The molecule has 0 fully saturated rings.